The highest BCUT2D eigenvalue weighted by Gasteiger charge is 2.35. The minimum atomic E-state index is -0.799. The summed E-state index contributed by atoms with van der Waals surface area (Å²) in [6.07, 6.45) is 1.79. The van der Waals surface area contributed by atoms with Crippen molar-refractivity contribution in [3.8, 4) is 17.2 Å². The third-order valence-electron chi connectivity index (χ3n) is 7.69. The highest BCUT2D eigenvalue weighted by atomic mass is 79.9. The van der Waals surface area contributed by atoms with Crippen LogP contribution >= 0.6 is 27.3 Å². The maximum atomic E-state index is 14.4. The topological polar surface area (TPSA) is 88.4 Å². The van der Waals surface area contributed by atoms with E-state index in [0.717, 1.165) is 21.2 Å². The van der Waals surface area contributed by atoms with Crippen LogP contribution in [0.25, 0.3) is 11.8 Å². The standard InChI is InChI=1S/C38H33BrN2O6S/c1-4-45-29-20-16-26(17-21-29)34-32(37(43)46-5-2)33(25-10-7-6-8-11-25)40-38-41(34)36(42)31(48-38)22-27-12-9-13-30(44-3)35(27)47-23-24-14-18-28(39)19-15-24/h6-22,34H,4-5,23H2,1-3H3/b31-22-/t34-/m1/s1. The lowest BCUT2D eigenvalue weighted by Crippen LogP contribution is -2.40. The smallest absolute Gasteiger partial charge is 0.338 e. The van der Waals surface area contributed by atoms with Crippen LogP contribution in [0.2, 0.25) is 0 Å². The summed E-state index contributed by atoms with van der Waals surface area (Å²) in [5.41, 5.74) is 3.55. The molecule has 0 N–H and O–H groups in total. The lowest BCUT2D eigenvalue weighted by atomic mass is 9.93. The number of hydrogen-bond acceptors (Lipinski definition) is 8. The van der Waals surface area contributed by atoms with Gasteiger partial charge in [0.15, 0.2) is 16.3 Å². The van der Waals surface area contributed by atoms with E-state index in [1.807, 2.05) is 104 Å². The Morgan fingerprint density at radius 3 is 2.35 bits per heavy atom. The first-order valence-corrected chi connectivity index (χ1v) is 17.1. The molecule has 0 unspecified atom stereocenters. The Hall–Kier alpha value is -4.93. The fraction of sp³-hybridized carbons (Fsp3) is 0.184. The number of para-hydroxylation sites is 1. The molecular weight excluding hydrogens is 692 g/mol. The summed E-state index contributed by atoms with van der Waals surface area (Å²) < 4.78 is 26.2. The van der Waals surface area contributed by atoms with Crippen molar-refractivity contribution in [2.45, 2.75) is 26.5 Å². The molecule has 5 aromatic rings. The lowest BCUT2D eigenvalue weighted by Gasteiger charge is -2.26. The van der Waals surface area contributed by atoms with Crippen LogP contribution in [-0.2, 0) is 16.1 Å². The fourth-order valence-corrected chi connectivity index (χ4v) is 6.76. The maximum absolute atomic E-state index is 14.4. The summed E-state index contributed by atoms with van der Waals surface area (Å²) in [6, 6.07) is 29.5. The molecule has 0 aliphatic carbocycles. The van der Waals surface area contributed by atoms with Gasteiger partial charge in [-0.05, 0) is 61.4 Å². The Bertz CT molecular complexity index is 2140. The van der Waals surface area contributed by atoms with Gasteiger partial charge in [0.2, 0.25) is 0 Å². The number of carbonyl (C=O) groups is 1. The van der Waals surface area contributed by atoms with Gasteiger partial charge in [0, 0.05) is 15.6 Å². The summed E-state index contributed by atoms with van der Waals surface area (Å²) in [6.45, 7) is 4.66. The summed E-state index contributed by atoms with van der Waals surface area (Å²) in [7, 11) is 1.58. The van der Waals surface area contributed by atoms with Crippen LogP contribution in [0.15, 0.2) is 117 Å². The minimum absolute atomic E-state index is 0.170. The Kier molecular flexibility index (Phi) is 10.2. The minimum Gasteiger partial charge on any atom is -0.494 e. The summed E-state index contributed by atoms with van der Waals surface area (Å²) in [5, 5.41) is 0. The van der Waals surface area contributed by atoms with Crippen molar-refractivity contribution in [3.63, 3.8) is 0 Å². The number of ether oxygens (including phenoxy) is 4. The van der Waals surface area contributed by atoms with Gasteiger partial charge >= 0.3 is 5.97 Å². The number of carbonyl (C=O) groups excluding carboxylic acids is 1. The van der Waals surface area contributed by atoms with E-state index in [1.165, 1.54) is 11.3 Å². The first kappa shape index (κ1) is 33.0. The zero-order chi connectivity index (χ0) is 33.6. The van der Waals surface area contributed by atoms with Crippen LogP contribution < -0.4 is 29.1 Å². The molecule has 0 saturated carbocycles. The molecule has 10 heteroatoms. The first-order chi connectivity index (χ1) is 23.4. The third kappa shape index (κ3) is 6.86. The Morgan fingerprint density at radius 1 is 0.917 bits per heavy atom. The van der Waals surface area contributed by atoms with E-state index in [1.54, 1.807) is 24.7 Å². The number of thiazole rings is 1. The predicted molar refractivity (Wildman–Crippen MR) is 190 cm³/mol. The summed E-state index contributed by atoms with van der Waals surface area (Å²) in [5.74, 6) is 1.20. The summed E-state index contributed by atoms with van der Waals surface area (Å²) in [4.78, 5) is 33.6. The van der Waals surface area contributed by atoms with E-state index in [9.17, 15) is 9.59 Å². The number of aromatic nitrogens is 1. The second-order valence-corrected chi connectivity index (χ2v) is 12.7. The van der Waals surface area contributed by atoms with Gasteiger partial charge < -0.3 is 18.9 Å². The average molecular weight is 726 g/mol. The van der Waals surface area contributed by atoms with Gasteiger partial charge in [-0.2, -0.15) is 0 Å². The highest BCUT2D eigenvalue weighted by Crippen LogP contribution is 2.36. The molecule has 1 aromatic heterocycles. The van der Waals surface area contributed by atoms with Gasteiger partial charge in [0.1, 0.15) is 12.4 Å². The zero-order valence-corrected chi connectivity index (χ0v) is 29.0. The Balaban J connectivity index is 1.54. The molecule has 2 heterocycles. The van der Waals surface area contributed by atoms with Crippen molar-refractivity contribution < 1.29 is 23.7 Å². The van der Waals surface area contributed by atoms with Crippen LogP contribution in [0.1, 0.15) is 42.1 Å². The number of esters is 1. The number of nitrogens with zero attached hydrogens (tertiary/aromatic N) is 2. The molecule has 0 radical (unpaired) electrons. The normalized spacial score (nSPS) is 14.2. The first-order valence-electron chi connectivity index (χ1n) is 15.5. The molecular formula is C38H33BrN2O6S. The largest absolute Gasteiger partial charge is 0.494 e. The predicted octanol–water partition coefficient (Wildman–Crippen LogP) is 6.68. The van der Waals surface area contributed by atoms with Gasteiger partial charge in [-0.15, -0.1) is 0 Å². The molecule has 0 amide bonds. The molecule has 244 valence electrons. The molecule has 48 heavy (non-hydrogen) atoms. The van der Waals surface area contributed by atoms with E-state index in [2.05, 4.69) is 15.9 Å². The van der Waals surface area contributed by atoms with Crippen LogP contribution in [0.4, 0.5) is 0 Å². The van der Waals surface area contributed by atoms with Crippen LogP contribution in [-0.4, -0.2) is 30.9 Å². The Labute approximate surface area is 290 Å². The second kappa shape index (κ2) is 14.9. The van der Waals surface area contributed by atoms with Crippen molar-refractivity contribution in [1.29, 1.82) is 0 Å². The van der Waals surface area contributed by atoms with Crippen molar-refractivity contribution >= 4 is 45.0 Å². The quantitative estimate of drug-likeness (QED) is 0.141. The van der Waals surface area contributed by atoms with Crippen molar-refractivity contribution in [3.05, 3.63) is 149 Å². The van der Waals surface area contributed by atoms with Gasteiger partial charge in [0.05, 0.1) is 42.2 Å². The molecule has 0 fully saturated rings. The molecule has 6 rings (SSSR count). The van der Waals surface area contributed by atoms with Gasteiger partial charge in [-0.3, -0.25) is 9.36 Å². The number of hydrogen-bond donors (Lipinski definition) is 0. The molecule has 4 aromatic carbocycles. The lowest BCUT2D eigenvalue weighted by molar-refractivity contribution is -0.138. The number of methoxy groups -OCH3 is 1. The fourth-order valence-electron chi connectivity index (χ4n) is 5.51. The van der Waals surface area contributed by atoms with E-state index in [-0.39, 0.29) is 17.7 Å². The van der Waals surface area contributed by atoms with Crippen LogP contribution in [0, 0.1) is 0 Å². The molecule has 1 aliphatic heterocycles. The van der Waals surface area contributed by atoms with Crippen molar-refractivity contribution in [1.82, 2.24) is 4.57 Å². The molecule has 0 bridgehead atoms. The molecule has 0 spiro atoms. The molecule has 1 aliphatic rings. The van der Waals surface area contributed by atoms with E-state index in [4.69, 9.17) is 23.9 Å². The number of halogens is 1. The van der Waals surface area contributed by atoms with Crippen molar-refractivity contribution in [2.75, 3.05) is 20.3 Å². The van der Waals surface area contributed by atoms with E-state index >= 15 is 0 Å². The van der Waals surface area contributed by atoms with E-state index in [0.29, 0.717) is 51.1 Å². The molecule has 0 saturated heterocycles. The Morgan fingerprint density at radius 2 is 1.67 bits per heavy atom. The van der Waals surface area contributed by atoms with Crippen molar-refractivity contribution in [2.24, 2.45) is 4.99 Å². The maximum Gasteiger partial charge on any atom is 0.338 e. The number of fused-ring (bicyclic) bond motifs is 1. The average Bonchev–Trinajstić information content (AvgIpc) is 3.42. The monoisotopic (exact) mass is 724 g/mol. The van der Waals surface area contributed by atoms with E-state index < -0.39 is 12.0 Å². The molecule has 1 atom stereocenters. The van der Waals surface area contributed by atoms with Gasteiger partial charge in [-0.1, -0.05) is 94.0 Å². The van der Waals surface area contributed by atoms with Crippen LogP contribution in [0.5, 0.6) is 17.2 Å². The summed E-state index contributed by atoms with van der Waals surface area (Å²) >= 11 is 4.72. The highest BCUT2D eigenvalue weighted by molar-refractivity contribution is 9.10. The zero-order valence-electron chi connectivity index (χ0n) is 26.6. The van der Waals surface area contributed by atoms with Gasteiger partial charge in [0.25, 0.3) is 5.56 Å². The number of benzene rings is 4. The SMILES string of the molecule is CCOC(=O)C1=C(c2ccccc2)N=c2s/c(=C\c3cccc(OC)c3OCc3ccc(Br)cc3)c(=O)n2[C@@H]1c1ccc(OCC)cc1. The number of rotatable bonds is 11. The van der Waals surface area contributed by atoms with Crippen LogP contribution in [0.3, 0.4) is 0 Å². The molecule has 8 nitrogen and oxygen atoms in total. The second-order valence-electron chi connectivity index (χ2n) is 10.7. The third-order valence-corrected chi connectivity index (χ3v) is 9.20. The van der Waals surface area contributed by atoms with Gasteiger partial charge in [-0.25, -0.2) is 9.79 Å².